The van der Waals surface area contributed by atoms with Crippen LogP contribution in [-0.2, 0) is 18.8 Å². The predicted molar refractivity (Wildman–Crippen MR) is 82.4 cm³/mol. The van der Waals surface area contributed by atoms with Gasteiger partial charge in [-0.05, 0) is 26.0 Å². The van der Waals surface area contributed by atoms with Gasteiger partial charge in [0.05, 0.1) is 10.9 Å². The maximum atomic E-state index is 6.01. The number of rotatable bonds is 4. The van der Waals surface area contributed by atoms with Gasteiger partial charge in [-0.2, -0.15) is 0 Å². The fraction of sp³-hybridized carbons (Fsp3) is 0.357. The van der Waals surface area contributed by atoms with Crippen LogP contribution >= 0.6 is 22.9 Å². The van der Waals surface area contributed by atoms with Gasteiger partial charge in [-0.1, -0.05) is 0 Å². The minimum Gasteiger partial charge on any atom is -0.311 e. The molecule has 0 aliphatic rings. The van der Waals surface area contributed by atoms with Gasteiger partial charge in [0.1, 0.15) is 11.3 Å². The second-order valence-electron chi connectivity index (χ2n) is 4.74. The van der Waals surface area contributed by atoms with Crippen molar-refractivity contribution in [3.05, 3.63) is 39.7 Å². The molecular formula is C14H15ClN4S. The second-order valence-corrected chi connectivity index (χ2v) is 5.95. The number of fused-ring (bicyclic) bond motifs is 1. The van der Waals surface area contributed by atoms with E-state index in [2.05, 4.69) is 24.9 Å². The maximum Gasteiger partial charge on any atom is 0.160 e. The fourth-order valence-corrected chi connectivity index (χ4v) is 3.17. The topological polar surface area (TPSA) is 43.6 Å². The molecular weight excluding hydrogens is 292 g/mol. The molecule has 3 aromatic rings. The van der Waals surface area contributed by atoms with Gasteiger partial charge >= 0.3 is 0 Å². The Balaban J connectivity index is 1.94. The molecule has 20 heavy (non-hydrogen) atoms. The van der Waals surface area contributed by atoms with Gasteiger partial charge in [0.15, 0.2) is 5.65 Å². The minimum atomic E-state index is 0.395. The number of nitrogens with zero attached hydrogens (tertiary/aromatic N) is 4. The van der Waals surface area contributed by atoms with Gasteiger partial charge < -0.3 is 4.57 Å². The van der Waals surface area contributed by atoms with Crippen molar-refractivity contribution in [1.29, 1.82) is 0 Å². The van der Waals surface area contributed by atoms with Crippen LogP contribution in [0, 0.1) is 13.8 Å². The molecule has 0 N–H and O–H groups in total. The number of hydrogen-bond acceptors (Lipinski definition) is 4. The van der Waals surface area contributed by atoms with E-state index in [0.717, 1.165) is 46.3 Å². The van der Waals surface area contributed by atoms with Crippen LogP contribution in [0.4, 0.5) is 0 Å². The Morgan fingerprint density at radius 3 is 2.70 bits per heavy atom. The molecule has 0 bridgehead atoms. The molecule has 0 amide bonds. The number of aryl methyl sites for hydroxylation is 4. The van der Waals surface area contributed by atoms with Crippen LogP contribution in [0.2, 0.25) is 0 Å². The molecule has 0 atom stereocenters. The molecule has 0 fully saturated rings. The number of pyridine rings is 1. The van der Waals surface area contributed by atoms with Crippen molar-refractivity contribution >= 4 is 34.1 Å². The molecule has 0 unspecified atom stereocenters. The highest BCUT2D eigenvalue weighted by Crippen LogP contribution is 2.18. The van der Waals surface area contributed by atoms with Crippen molar-refractivity contribution in [2.24, 2.45) is 0 Å². The van der Waals surface area contributed by atoms with Crippen LogP contribution in [0.25, 0.3) is 11.2 Å². The number of hydrogen-bond donors (Lipinski definition) is 0. The maximum absolute atomic E-state index is 6.01. The highest BCUT2D eigenvalue weighted by atomic mass is 35.5. The SMILES string of the molecule is Cc1csc(CCn2c(CCl)nc3ccc(C)nc32)n1. The average molecular weight is 307 g/mol. The number of thiazole rings is 1. The normalized spacial score (nSPS) is 11.3. The van der Waals surface area contributed by atoms with Gasteiger partial charge in [-0.15, -0.1) is 22.9 Å². The zero-order chi connectivity index (χ0) is 14.1. The molecule has 0 saturated heterocycles. The van der Waals surface area contributed by atoms with Gasteiger partial charge in [0.25, 0.3) is 0 Å². The largest absolute Gasteiger partial charge is 0.311 e. The lowest BCUT2D eigenvalue weighted by Crippen LogP contribution is -2.06. The summed E-state index contributed by atoms with van der Waals surface area (Å²) in [4.78, 5) is 13.6. The fourth-order valence-electron chi connectivity index (χ4n) is 2.21. The summed E-state index contributed by atoms with van der Waals surface area (Å²) in [5, 5.41) is 3.21. The summed E-state index contributed by atoms with van der Waals surface area (Å²) in [6.45, 7) is 4.81. The summed E-state index contributed by atoms with van der Waals surface area (Å²) in [5.74, 6) is 1.26. The molecule has 104 valence electrons. The van der Waals surface area contributed by atoms with Gasteiger partial charge in [-0.25, -0.2) is 15.0 Å². The van der Waals surface area contributed by atoms with E-state index in [9.17, 15) is 0 Å². The first-order chi connectivity index (χ1) is 9.67. The van der Waals surface area contributed by atoms with Crippen molar-refractivity contribution in [3.8, 4) is 0 Å². The molecule has 3 aromatic heterocycles. The van der Waals surface area contributed by atoms with Crippen LogP contribution in [-0.4, -0.2) is 19.5 Å². The molecule has 0 spiro atoms. The Kier molecular flexibility index (Phi) is 3.72. The third-order valence-electron chi connectivity index (χ3n) is 3.15. The summed E-state index contributed by atoms with van der Waals surface area (Å²) >= 11 is 7.70. The lowest BCUT2D eigenvalue weighted by Gasteiger charge is -2.05. The van der Waals surface area contributed by atoms with Gasteiger partial charge in [-0.3, -0.25) is 0 Å². The van der Waals surface area contributed by atoms with E-state index in [1.54, 1.807) is 11.3 Å². The molecule has 6 heteroatoms. The van der Waals surface area contributed by atoms with Crippen molar-refractivity contribution in [2.45, 2.75) is 32.7 Å². The van der Waals surface area contributed by atoms with E-state index in [1.807, 2.05) is 26.0 Å². The average Bonchev–Trinajstić information content (AvgIpc) is 2.99. The van der Waals surface area contributed by atoms with Crippen LogP contribution < -0.4 is 0 Å². The Morgan fingerprint density at radius 2 is 2.00 bits per heavy atom. The number of halogens is 1. The summed E-state index contributed by atoms with van der Waals surface area (Å²) in [5.41, 5.74) is 3.88. The smallest absolute Gasteiger partial charge is 0.160 e. The zero-order valence-electron chi connectivity index (χ0n) is 11.4. The summed E-state index contributed by atoms with van der Waals surface area (Å²) in [6.07, 6.45) is 0.878. The second kappa shape index (κ2) is 5.50. The standard InChI is InChI=1S/C14H15ClN4S/c1-9-3-4-11-14(17-9)19(12(7-15)18-11)6-5-13-16-10(2)8-20-13/h3-4,8H,5-7H2,1-2H3. The Hall–Kier alpha value is -1.46. The van der Waals surface area contributed by atoms with Gasteiger partial charge in [0.2, 0.25) is 0 Å². The Morgan fingerprint density at radius 1 is 1.15 bits per heavy atom. The molecule has 4 nitrogen and oxygen atoms in total. The summed E-state index contributed by atoms with van der Waals surface area (Å²) in [6, 6.07) is 3.97. The van der Waals surface area contributed by atoms with Gasteiger partial charge in [0, 0.05) is 29.7 Å². The van der Waals surface area contributed by atoms with E-state index >= 15 is 0 Å². The monoisotopic (exact) mass is 306 g/mol. The molecule has 0 saturated carbocycles. The van der Waals surface area contributed by atoms with E-state index in [-0.39, 0.29) is 0 Å². The van der Waals surface area contributed by atoms with Crippen LogP contribution in [0.1, 0.15) is 22.2 Å². The lowest BCUT2D eigenvalue weighted by atomic mass is 10.3. The van der Waals surface area contributed by atoms with E-state index in [1.165, 1.54) is 0 Å². The third-order valence-corrected chi connectivity index (χ3v) is 4.41. The van der Waals surface area contributed by atoms with E-state index in [0.29, 0.717) is 5.88 Å². The summed E-state index contributed by atoms with van der Waals surface area (Å²) < 4.78 is 2.10. The van der Waals surface area contributed by atoms with E-state index < -0.39 is 0 Å². The molecule has 3 heterocycles. The lowest BCUT2D eigenvalue weighted by molar-refractivity contribution is 0.679. The minimum absolute atomic E-state index is 0.395. The number of alkyl halides is 1. The zero-order valence-corrected chi connectivity index (χ0v) is 13.0. The highest BCUT2D eigenvalue weighted by Gasteiger charge is 2.12. The Bertz CT molecular complexity index is 747. The number of aromatic nitrogens is 4. The summed E-state index contributed by atoms with van der Waals surface area (Å²) in [7, 11) is 0. The molecule has 3 rings (SSSR count). The van der Waals surface area contributed by atoms with Crippen molar-refractivity contribution in [3.63, 3.8) is 0 Å². The van der Waals surface area contributed by atoms with Crippen molar-refractivity contribution < 1.29 is 0 Å². The van der Waals surface area contributed by atoms with Crippen molar-refractivity contribution in [1.82, 2.24) is 19.5 Å². The third kappa shape index (κ3) is 2.55. The molecule has 0 aliphatic heterocycles. The predicted octanol–water partition coefficient (Wildman–Crippen LogP) is 3.49. The van der Waals surface area contributed by atoms with Crippen molar-refractivity contribution in [2.75, 3.05) is 0 Å². The molecule has 0 aliphatic carbocycles. The first-order valence-electron chi connectivity index (χ1n) is 6.47. The van der Waals surface area contributed by atoms with Crippen LogP contribution in [0.15, 0.2) is 17.5 Å². The Labute approximate surface area is 126 Å². The first-order valence-corrected chi connectivity index (χ1v) is 7.88. The number of imidazole rings is 1. The highest BCUT2D eigenvalue weighted by molar-refractivity contribution is 7.09. The molecule has 0 aromatic carbocycles. The quantitative estimate of drug-likeness (QED) is 0.693. The first kappa shape index (κ1) is 13.5. The van der Waals surface area contributed by atoms with E-state index in [4.69, 9.17) is 11.6 Å². The van der Waals surface area contributed by atoms with Crippen LogP contribution in [0.5, 0.6) is 0 Å². The molecule has 0 radical (unpaired) electrons. The van der Waals surface area contributed by atoms with Crippen LogP contribution in [0.3, 0.4) is 0 Å².